The van der Waals surface area contributed by atoms with Crippen LogP contribution in [-0.2, 0) is 7.05 Å². The van der Waals surface area contributed by atoms with Crippen LogP contribution in [-0.4, -0.2) is 10.5 Å². The van der Waals surface area contributed by atoms with Gasteiger partial charge in [0.1, 0.15) is 11.5 Å². The van der Waals surface area contributed by atoms with Crippen molar-refractivity contribution in [3.63, 3.8) is 0 Å². The van der Waals surface area contributed by atoms with Gasteiger partial charge in [-0.3, -0.25) is 4.79 Å². The second kappa shape index (κ2) is 5.01. The fourth-order valence-corrected chi connectivity index (χ4v) is 2.66. The molecule has 2 N–H and O–H groups in total. The molecule has 0 aliphatic heterocycles. The van der Waals surface area contributed by atoms with Crippen LogP contribution in [0.1, 0.15) is 16.1 Å². The fraction of sp³-hybridized carbons (Fsp3) is 0.0588. The van der Waals surface area contributed by atoms with Crippen molar-refractivity contribution in [2.24, 2.45) is 12.8 Å². The SMILES string of the molecule is Cn1c(C(N)=O)cc2cc(C#N)cc(-c3ccc(F)cc3)c21. The van der Waals surface area contributed by atoms with Crippen molar-refractivity contribution in [1.29, 1.82) is 5.26 Å². The molecule has 1 aromatic heterocycles. The fourth-order valence-electron chi connectivity index (χ4n) is 2.66. The van der Waals surface area contributed by atoms with Crippen LogP contribution in [0.4, 0.5) is 4.39 Å². The second-order valence-corrected chi connectivity index (χ2v) is 5.03. The molecule has 108 valence electrons. The Morgan fingerprint density at radius 3 is 2.50 bits per heavy atom. The molecule has 0 radical (unpaired) electrons. The average molecular weight is 293 g/mol. The molecule has 0 atom stereocenters. The third-order valence-electron chi connectivity index (χ3n) is 3.67. The Hall–Kier alpha value is -3.13. The van der Waals surface area contributed by atoms with E-state index in [-0.39, 0.29) is 5.82 Å². The highest BCUT2D eigenvalue weighted by molar-refractivity contribution is 6.03. The number of benzene rings is 2. The number of rotatable bonds is 2. The lowest BCUT2D eigenvalue weighted by atomic mass is 10.0. The van der Waals surface area contributed by atoms with Crippen LogP contribution in [0, 0.1) is 17.1 Å². The second-order valence-electron chi connectivity index (χ2n) is 5.03. The summed E-state index contributed by atoms with van der Waals surface area (Å²) in [5, 5.41) is 9.93. The van der Waals surface area contributed by atoms with Crippen LogP contribution < -0.4 is 5.73 Å². The maximum absolute atomic E-state index is 13.1. The van der Waals surface area contributed by atoms with E-state index in [2.05, 4.69) is 6.07 Å². The zero-order valence-electron chi connectivity index (χ0n) is 11.8. The Kier molecular flexibility index (Phi) is 3.15. The van der Waals surface area contributed by atoms with Gasteiger partial charge in [-0.05, 0) is 35.9 Å². The van der Waals surface area contributed by atoms with E-state index in [0.29, 0.717) is 11.3 Å². The van der Waals surface area contributed by atoms with Gasteiger partial charge < -0.3 is 10.3 Å². The first-order valence-corrected chi connectivity index (χ1v) is 6.60. The zero-order chi connectivity index (χ0) is 15.9. The Morgan fingerprint density at radius 2 is 1.91 bits per heavy atom. The predicted octanol–water partition coefficient (Wildman–Crippen LogP) is 2.95. The summed E-state index contributed by atoms with van der Waals surface area (Å²) in [7, 11) is 1.74. The topological polar surface area (TPSA) is 71.8 Å². The minimum Gasteiger partial charge on any atom is -0.364 e. The van der Waals surface area contributed by atoms with E-state index >= 15 is 0 Å². The number of nitriles is 1. The molecule has 0 saturated carbocycles. The highest BCUT2D eigenvalue weighted by Crippen LogP contribution is 2.32. The van der Waals surface area contributed by atoms with Gasteiger partial charge in [0.05, 0.1) is 17.1 Å². The first kappa shape index (κ1) is 13.8. The van der Waals surface area contributed by atoms with Crippen molar-refractivity contribution < 1.29 is 9.18 Å². The number of fused-ring (bicyclic) bond motifs is 1. The smallest absolute Gasteiger partial charge is 0.265 e. The number of nitrogens with two attached hydrogens (primary N) is 1. The number of aromatic nitrogens is 1. The zero-order valence-corrected chi connectivity index (χ0v) is 11.8. The summed E-state index contributed by atoms with van der Waals surface area (Å²) in [5.41, 5.74) is 8.50. The molecule has 5 heteroatoms. The Bertz CT molecular complexity index is 933. The van der Waals surface area contributed by atoms with Gasteiger partial charge in [0, 0.05) is 18.0 Å². The molecule has 4 nitrogen and oxygen atoms in total. The van der Waals surface area contributed by atoms with Crippen LogP contribution in [0.5, 0.6) is 0 Å². The van der Waals surface area contributed by atoms with Gasteiger partial charge in [0.25, 0.3) is 5.91 Å². The monoisotopic (exact) mass is 293 g/mol. The van der Waals surface area contributed by atoms with E-state index in [4.69, 9.17) is 5.73 Å². The summed E-state index contributed by atoms with van der Waals surface area (Å²) in [5.74, 6) is -0.872. The lowest BCUT2D eigenvalue weighted by Gasteiger charge is -2.08. The van der Waals surface area contributed by atoms with Gasteiger partial charge in [-0.15, -0.1) is 0 Å². The van der Waals surface area contributed by atoms with E-state index in [9.17, 15) is 14.4 Å². The standard InChI is InChI=1S/C17H12FN3O/c1-21-15(17(20)22)8-12-6-10(9-19)7-14(16(12)21)11-2-4-13(18)5-3-11/h2-8H,1H3,(H2,20,22). The van der Waals surface area contributed by atoms with Gasteiger partial charge in [-0.1, -0.05) is 12.1 Å². The van der Waals surface area contributed by atoms with Gasteiger partial charge >= 0.3 is 0 Å². The third kappa shape index (κ3) is 2.11. The molecule has 3 rings (SSSR count). The molecule has 1 amide bonds. The molecule has 0 spiro atoms. The van der Waals surface area contributed by atoms with E-state index in [1.165, 1.54) is 12.1 Å². The van der Waals surface area contributed by atoms with Crippen molar-refractivity contribution in [3.8, 4) is 17.2 Å². The summed E-state index contributed by atoms with van der Waals surface area (Å²) in [6.07, 6.45) is 0. The first-order chi connectivity index (χ1) is 10.5. The number of nitrogens with zero attached hydrogens (tertiary/aromatic N) is 2. The number of carbonyl (C=O) groups excluding carboxylic acids is 1. The van der Waals surface area contributed by atoms with Crippen molar-refractivity contribution in [2.75, 3.05) is 0 Å². The minimum atomic E-state index is -0.540. The van der Waals surface area contributed by atoms with Crippen LogP contribution >= 0.6 is 0 Å². The Labute approximate surface area is 126 Å². The van der Waals surface area contributed by atoms with Gasteiger partial charge in [0.2, 0.25) is 0 Å². The molecule has 2 aromatic carbocycles. The molecule has 0 fully saturated rings. The predicted molar refractivity (Wildman–Crippen MR) is 81.5 cm³/mol. The molecule has 0 saturated heterocycles. The number of halogens is 1. The minimum absolute atomic E-state index is 0.332. The summed E-state index contributed by atoms with van der Waals surface area (Å²) in [6.45, 7) is 0. The summed E-state index contributed by atoms with van der Waals surface area (Å²) >= 11 is 0. The first-order valence-electron chi connectivity index (χ1n) is 6.60. The maximum Gasteiger partial charge on any atom is 0.265 e. The van der Waals surface area contributed by atoms with Crippen LogP contribution in [0.2, 0.25) is 0 Å². The van der Waals surface area contributed by atoms with E-state index in [1.807, 2.05) is 0 Å². The van der Waals surface area contributed by atoms with Crippen molar-refractivity contribution in [1.82, 2.24) is 4.57 Å². The molecule has 22 heavy (non-hydrogen) atoms. The number of hydrogen-bond acceptors (Lipinski definition) is 2. The highest BCUT2D eigenvalue weighted by Gasteiger charge is 2.15. The number of hydrogen-bond donors (Lipinski definition) is 1. The van der Waals surface area contributed by atoms with E-state index in [0.717, 1.165) is 22.0 Å². The molecule has 0 bridgehead atoms. The summed E-state index contributed by atoms with van der Waals surface area (Å²) in [6, 6.07) is 13.2. The molecular weight excluding hydrogens is 281 g/mol. The van der Waals surface area contributed by atoms with Crippen LogP contribution in [0.25, 0.3) is 22.0 Å². The lowest BCUT2D eigenvalue weighted by Crippen LogP contribution is -2.14. The third-order valence-corrected chi connectivity index (χ3v) is 3.67. The summed E-state index contributed by atoms with van der Waals surface area (Å²) < 4.78 is 14.8. The lowest BCUT2D eigenvalue weighted by molar-refractivity contribution is 0.0993. The van der Waals surface area contributed by atoms with E-state index in [1.54, 1.807) is 41.9 Å². The number of amides is 1. The van der Waals surface area contributed by atoms with Crippen molar-refractivity contribution in [2.45, 2.75) is 0 Å². The highest BCUT2D eigenvalue weighted by atomic mass is 19.1. The molecule has 0 aliphatic carbocycles. The van der Waals surface area contributed by atoms with Gasteiger partial charge in [0.15, 0.2) is 0 Å². The van der Waals surface area contributed by atoms with Crippen LogP contribution in [0.15, 0.2) is 42.5 Å². The van der Waals surface area contributed by atoms with Crippen molar-refractivity contribution in [3.05, 3.63) is 59.5 Å². The van der Waals surface area contributed by atoms with E-state index < -0.39 is 5.91 Å². The van der Waals surface area contributed by atoms with Gasteiger partial charge in [-0.2, -0.15) is 5.26 Å². The Morgan fingerprint density at radius 1 is 1.23 bits per heavy atom. The molecule has 3 aromatic rings. The van der Waals surface area contributed by atoms with Gasteiger partial charge in [-0.25, -0.2) is 4.39 Å². The molecule has 0 aliphatic rings. The normalized spacial score (nSPS) is 10.6. The largest absolute Gasteiger partial charge is 0.364 e. The average Bonchev–Trinajstić information content (AvgIpc) is 2.84. The summed E-state index contributed by atoms with van der Waals surface area (Å²) in [4.78, 5) is 11.5. The van der Waals surface area contributed by atoms with Crippen LogP contribution in [0.3, 0.4) is 0 Å². The molecule has 0 unspecified atom stereocenters. The molecule has 1 heterocycles. The maximum atomic E-state index is 13.1. The Balaban J connectivity index is 2.39. The number of carbonyl (C=O) groups is 1. The number of primary amides is 1. The quantitative estimate of drug-likeness (QED) is 0.789. The van der Waals surface area contributed by atoms with Crippen molar-refractivity contribution >= 4 is 16.8 Å². The molecular formula is C17H12FN3O. The number of aryl methyl sites for hydroxylation is 1.